The molecule has 0 aromatic rings. The first-order chi connectivity index (χ1) is 15.5. The van der Waals surface area contributed by atoms with Crippen molar-refractivity contribution in [2.24, 2.45) is 0 Å². The Labute approximate surface area is 199 Å². The molecule has 0 saturated heterocycles. The average Bonchev–Trinajstić information content (AvgIpc) is 2.76. The summed E-state index contributed by atoms with van der Waals surface area (Å²) in [6.07, 6.45) is 26.8. The van der Waals surface area contributed by atoms with E-state index in [1.54, 1.807) is 6.92 Å². The monoisotopic (exact) mass is 454 g/mol. The minimum absolute atomic E-state index is 0.182. The molecule has 0 radical (unpaired) electrons. The number of ether oxygens (including phenoxy) is 1. The van der Waals surface area contributed by atoms with Crippen LogP contribution in [0.15, 0.2) is 11.6 Å². The van der Waals surface area contributed by atoms with Gasteiger partial charge in [0.2, 0.25) is 0 Å². The Morgan fingerprint density at radius 2 is 1.00 bits per heavy atom. The number of rotatable bonds is 21. The number of aliphatic carboxylic acids is 1. The number of carbonyl (C=O) groups is 2. The van der Waals surface area contributed by atoms with Crippen molar-refractivity contribution in [2.75, 3.05) is 6.61 Å². The lowest BCUT2D eigenvalue weighted by Gasteiger charge is -2.03. The molecule has 0 bridgehead atoms. The molecule has 0 aliphatic carbocycles. The van der Waals surface area contributed by atoms with Gasteiger partial charge in [0.1, 0.15) is 0 Å². The van der Waals surface area contributed by atoms with Gasteiger partial charge in [-0.1, -0.05) is 123 Å². The summed E-state index contributed by atoms with van der Waals surface area (Å²) in [4.78, 5) is 20.7. The average molecular weight is 455 g/mol. The molecule has 0 rings (SSSR count). The molecule has 0 atom stereocenters. The predicted molar refractivity (Wildman–Crippen MR) is 137 cm³/mol. The van der Waals surface area contributed by atoms with E-state index < -0.39 is 5.97 Å². The highest BCUT2D eigenvalue weighted by atomic mass is 16.5. The van der Waals surface area contributed by atoms with Crippen LogP contribution in [-0.4, -0.2) is 23.7 Å². The lowest BCUT2D eigenvalue weighted by molar-refractivity contribution is -0.141. The molecule has 0 fully saturated rings. The van der Waals surface area contributed by atoms with Crippen molar-refractivity contribution in [3.8, 4) is 0 Å². The van der Waals surface area contributed by atoms with Gasteiger partial charge >= 0.3 is 11.9 Å². The van der Waals surface area contributed by atoms with Gasteiger partial charge in [-0.25, -0.2) is 4.79 Å². The van der Waals surface area contributed by atoms with Crippen molar-refractivity contribution in [1.82, 2.24) is 0 Å². The van der Waals surface area contributed by atoms with E-state index in [1.165, 1.54) is 103 Å². The molecule has 0 aliphatic heterocycles. The Morgan fingerprint density at radius 1 is 0.625 bits per heavy atom. The van der Waals surface area contributed by atoms with Crippen LogP contribution in [0.4, 0.5) is 0 Å². The van der Waals surface area contributed by atoms with Crippen molar-refractivity contribution >= 4 is 11.9 Å². The molecule has 0 spiro atoms. The molecule has 0 aromatic carbocycles. The second kappa shape index (κ2) is 27.7. The van der Waals surface area contributed by atoms with Gasteiger partial charge in [0.05, 0.1) is 6.61 Å². The molecule has 0 saturated carbocycles. The van der Waals surface area contributed by atoms with Gasteiger partial charge < -0.3 is 9.84 Å². The van der Waals surface area contributed by atoms with Crippen molar-refractivity contribution in [1.29, 1.82) is 0 Å². The summed E-state index contributed by atoms with van der Waals surface area (Å²) < 4.78 is 4.64. The van der Waals surface area contributed by atoms with Gasteiger partial charge in [0, 0.05) is 12.5 Å². The summed E-state index contributed by atoms with van der Waals surface area (Å²) in [5, 5.41) is 8.75. The van der Waals surface area contributed by atoms with E-state index >= 15 is 0 Å². The Balaban J connectivity index is 0. The van der Waals surface area contributed by atoms with E-state index in [0.29, 0.717) is 12.2 Å². The Bertz CT molecular complexity index is 443. The molecule has 4 heteroatoms. The van der Waals surface area contributed by atoms with Crippen molar-refractivity contribution in [2.45, 2.75) is 150 Å². The fourth-order valence-electron chi connectivity index (χ4n) is 3.46. The second-order valence-electron chi connectivity index (χ2n) is 8.98. The van der Waals surface area contributed by atoms with Gasteiger partial charge in [-0.15, -0.1) is 0 Å². The Morgan fingerprint density at radius 3 is 1.34 bits per heavy atom. The van der Waals surface area contributed by atoms with Gasteiger partial charge in [-0.05, 0) is 26.2 Å². The third-order valence-electron chi connectivity index (χ3n) is 5.65. The summed E-state index contributed by atoms with van der Waals surface area (Å²) in [7, 11) is 0. The van der Waals surface area contributed by atoms with Crippen LogP contribution in [0, 0.1) is 0 Å². The smallest absolute Gasteiger partial charge is 0.330 e. The fourth-order valence-corrected chi connectivity index (χ4v) is 3.46. The minimum Gasteiger partial charge on any atom is -0.478 e. The van der Waals surface area contributed by atoms with E-state index in [9.17, 15) is 9.59 Å². The maximum atomic E-state index is 10.6. The summed E-state index contributed by atoms with van der Waals surface area (Å²) in [6, 6.07) is 0. The van der Waals surface area contributed by atoms with Gasteiger partial charge in [-0.2, -0.15) is 0 Å². The lowest BCUT2D eigenvalue weighted by Crippen LogP contribution is -1.99. The Hall–Kier alpha value is -1.32. The number of hydrogen-bond acceptors (Lipinski definition) is 3. The van der Waals surface area contributed by atoms with Crippen LogP contribution in [0.25, 0.3) is 0 Å². The molecule has 4 nitrogen and oxygen atoms in total. The zero-order chi connectivity index (χ0) is 24.3. The van der Waals surface area contributed by atoms with Crippen molar-refractivity contribution in [3.63, 3.8) is 0 Å². The predicted octanol–water partition coefficient (Wildman–Crippen LogP) is 9.02. The number of carboxylic acid groups (broad SMARTS) is 1. The second-order valence-corrected chi connectivity index (χ2v) is 8.98. The third kappa shape index (κ3) is 30.9. The molecule has 0 aliphatic rings. The highest BCUT2D eigenvalue weighted by Gasteiger charge is 1.98. The molecule has 190 valence electrons. The largest absolute Gasteiger partial charge is 0.478 e. The summed E-state index contributed by atoms with van der Waals surface area (Å²) in [5.74, 6) is -0.968. The van der Waals surface area contributed by atoms with E-state index in [0.717, 1.165) is 25.7 Å². The molecule has 0 aromatic heterocycles. The third-order valence-corrected chi connectivity index (χ3v) is 5.65. The van der Waals surface area contributed by atoms with Gasteiger partial charge in [-0.3, -0.25) is 4.79 Å². The normalized spacial score (nSPS) is 11.1. The van der Waals surface area contributed by atoms with Crippen LogP contribution in [-0.2, 0) is 14.3 Å². The molecule has 0 amide bonds. The first-order valence-corrected chi connectivity index (χ1v) is 13.5. The van der Waals surface area contributed by atoms with Gasteiger partial charge in [0.15, 0.2) is 0 Å². The molecular formula is C28H54O4. The maximum Gasteiger partial charge on any atom is 0.330 e. The number of unbranched alkanes of at least 4 members (excludes halogenated alkanes) is 17. The van der Waals surface area contributed by atoms with Gasteiger partial charge in [0.25, 0.3) is 0 Å². The standard InChI is InChI=1S/C22H42O2.C6H12O2/c1-3-4-5-6-7-8-9-10-11-12-13-14-15-16-17-18-19-20-21(2)22(23)24;1-3-4-5-8-6(2)7/h20H,3-19H2,1-2H3,(H,23,24);3-5H2,1-2H3. The first kappa shape index (κ1) is 32.9. The molecule has 0 heterocycles. The maximum absolute atomic E-state index is 10.6. The highest BCUT2D eigenvalue weighted by molar-refractivity contribution is 5.85. The van der Waals surface area contributed by atoms with Crippen molar-refractivity contribution < 1.29 is 19.4 Å². The number of carbonyl (C=O) groups excluding carboxylic acids is 1. The quantitative estimate of drug-likeness (QED) is 0.107. The van der Waals surface area contributed by atoms with E-state index in [2.05, 4.69) is 18.6 Å². The van der Waals surface area contributed by atoms with E-state index in [1.807, 2.05) is 6.08 Å². The van der Waals surface area contributed by atoms with Crippen LogP contribution >= 0.6 is 0 Å². The fraction of sp³-hybridized carbons (Fsp3) is 0.857. The van der Waals surface area contributed by atoms with Crippen LogP contribution in [0.2, 0.25) is 0 Å². The molecular weight excluding hydrogens is 400 g/mol. The van der Waals surface area contributed by atoms with Crippen LogP contribution in [0.5, 0.6) is 0 Å². The van der Waals surface area contributed by atoms with E-state index in [4.69, 9.17) is 5.11 Å². The molecule has 32 heavy (non-hydrogen) atoms. The Kier molecular flexibility index (Phi) is 28.5. The van der Waals surface area contributed by atoms with Crippen LogP contribution in [0.3, 0.4) is 0 Å². The van der Waals surface area contributed by atoms with Crippen LogP contribution in [0.1, 0.15) is 150 Å². The van der Waals surface area contributed by atoms with Crippen LogP contribution < -0.4 is 0 Å². The van der Waals surface area contributed by atoms with E-state index in [-0.39, 0.29) is 5.97 Å². The first-order valence-electron chi connectivity index (χ1n) is 13.5. The van der Waals surface area contributed by atoms with Crippen molar-refractivity contribution in [3.05, 3.63) is 11.6 Å². The number of hydrogen-bond donors (Lipinski definition) is 1. The summed E-state index contributed by atoms with van der Waals surface area (Å²) in [5.41, 5.74) is 0.482. The lowest BCUT2D eigenvalue weighted by atomic mass is 10.0. The zero-order valence-electron chi connectivity index (χ0n) is 21.9. The SMILES string of the molecule is CCCCCCCCCCCCCCCCCCC=C(C)C(=O)O.CCCCOC(C)=O. The highest BCUT2D eigenvalue weighted by Crippen LogP contribution is 2.14. The summed E-state index contributed by atoms with van der Waals surface area (Å²) >= 11 is 0. The minimum atomic E-state index is -0.786. The molecule has 1 N–H and O–H groups in total. The number of carboxylic acids is 1. The number of allylic oxidation sites excluding steroid dienone is 1. The summed E-state index contributed by atoms with van der Waals surface area (Å²) in [6.45, 7) is 8.01. The topological polar surface area (TPSA) is 63.6 Å². The number of esters is 1. The molecule has 0 unspecified atom stereocenters. The zero-order valence-corrected chi connectivity index (χ0v) is 21.9.